The Hall–Kier alpha value is -0.820. The van der Waals surface area contributed by atoms with Crippen molar-refractivity contribution < 1.29 is 5.11 Å². The largest absolute Gasteiger partial charge is 0.396 e. The summed E-state index contributed by atoms with van der Waals surface area (Å²) in [5.41, 5.74) is 2.51. The van der Waals surface area contributed by atoms with Crippen LogP contribution in [0.2, 0.25) is 0 Å². The highest BCUT2D eigenvalue weighted by molar-refractivity contribution is 5.33. The number of aliphatic hydroxyl groups is 1. The summed E-state index contributed by atoms with van der Waals surface area (Å²) in [7, 11) is 0. The van der Waals surface area contributed by atoms with E-state index in [-0.39, 0.29) is 6.61 Å². The van der Waals surface area contributed by atoms with Gasteiger partial charge in [0, 0.05) is 6.61 Å². The fraction of sp³-hybridized carbons (Fsp3) is 0.455. The Bertz CT molecular complexity index is 233. The molecule has 0 radical (unpaired) electrons. The highest BCUT2D eigenvalue weighted by Gasteiger charge is 2.00. The summed E-state index contributed by atoms with van der Waals surface area (Å²) in [6, 6.07) is 0. The molecule has 0 saturated heterocycles. The van der Waals surface area contributed by atoms with Gasteiger partial charge in [-0.3, -0.25) is 0 Å². The smallest absolute Gasteiger partial charge is 0.0471 e. The van der Waals surface area contributed by atoms with Crippen molar-refractivity contribution in [2.75, 3.05) is 6.61 Å². The molecule has 0 aliphatic heterocycles. The van der Waals surface area contributed by atoms with Gasteiger partial charge in [0.1, 0.15) is 0 Å². The van der Waals surface area contributed by atoms with E-state index in [0.29, 0.717) is 5.92 Å². The molecule has 0 spiro atoms. The van der Waals surface area contributed by atoms with E-state index in [4.69, 9.17) is 5.11 Å². The summed E-state index contributed by atoms with van der Waals surface area (Å²) in [4.78, 5) is 0. The molecule has 1 nitrogen and oxygen atoms in total. The first-order chi connectivity index (χ1) is 5.72. The van der Waals surface area contributed by atoms with E-state index in [0.717, 1.165) is 6.42 Å². The summed E-state index contributed by atoms with van der Waals surface area (Å²) in [5, 5.41) is 8.77. The number of rotatable bonds is 2. The monoisotopic (exact) mass is 164 g/mol. The predicted molar refractivity (Wildman–Crippen MR) is 51.8 cm³/mol. The highest BCUT2D eigenvalue weighted by atomic mass is 16.2. The molecular weight excluding hydrogens is 148 g/mol. The molecule has 1 N–H and O–H groups in total. The van der Waals surface area contributed by atoms with Crippen molar-refractivity contribution in [2.45, 2.75) is 20.3 Å². The van der Waals surface area contributed by atoms with Gasteiger partial charge in [-0.25, -0.2) is 0 Å². The molecule has 0 fully saturated rings. The number of allylic oxidation sites excluding steroid dienone is 5. The summed E-state index contributed by atoms with van der Waals surface area (Å²) in [5.74, 6) is 0.512. The second kappa shape index (κ2) is 4.27. The average molecular weight is 164 g/mol. The molecule has 0 aromatic carbocycles. The van der Waals surface area contributed by atoms with Crippen LogP contribution in [0.1, 0.15) is 20.3 Å². The van der Waals surface area contributed by atoms with Crippen molar-refractivity contribution in [3.8, 4) is 0 Å². The third kappa shape index (κ3) is 2.67. The molecule has 0 saturated carbocycles. The lowest BCUT2D eigenvalue weighted by Gasteiger charge is -1.96. The Morgan fingerprint density at radius 1 is 1.50 bits per heavy atom. The molecule has 1 aliphatic rings. The highest BCUT2D eigenvalue weighted by Crippen LogP contribution is 2.16. The van der Waals surface area contributed by atoms with Gasteiger partial charge in [0.05, 0.1) is 0 Å². The topological polar surface area (TPSA) is 20.2 Å². The lowest BCUT2D eigenvalue weighted by molar-refractivity contribution is 0.300. The van der Waals surface area contributed by atoms with E-state index >= 15 is 0 Å². The maximum atomic E-state index is 8.77. The molecule has 1 unspecified atom stereocenters. The maximum absolute atomic E-state index is 8.77. The number of aliphatic hydroxyl groups excluding tert-OH is 1. The summed E-state index contributed by atoms with van der Waals surface area (Å²) in [6.45, 7) is 4.49. The quantitative estimate of drug-likeness (QED) is 0.664. The number of hydrogen-bond donors (Lipinski definition) is 1. The predicted octanol–water partition coefficient (Wildman–Crippen LogP) is 2.45. The molecule has 12 heavy (non-hydrogen) atoms. The van der Waals surface area contributed by atoms with Gasteiger partial charge in [0.2, 0.25) is 0 Å². The Labute approximate surface area is 74.1 Å². The fourth-order valence-electron chi connectivity index (χ4n) is 1.42. The van der Waals surface area contributed by atoms with Gasteiger partial charge in [-0.2, -0.15) is 0 Å². The molecule has 1 atom stereocenters. The first-order valence-corrected chi connectivity index (χ1v) is 4.40. The van der Waals surface area contributed by atoms with Crippen LogP contribution in [0.5, 0.6) is 0 Å². The van der Waals surface area contributed by atoms with E-state index in [2.05, 4.69) is 38.2 Å². The Morgan fingerprint density at radius 3 is 2.92 bits per heavy atom. The normalized spacial score (nSPS) is 23.1. The Balaban J connectivity index is 2.76. The van der Waals surface area contributed by atoms with Crippen molar-refractivity contribution in [3.63, 3.8) is 0 Å². The standard InChI is InChI=1S/C11H16O/c1-9-3-4-11(5-6-12)8-10(2)7-9/h3-4,7-9,12H,5-6H2,1-2H3. The van der Waals surface area contributed by atoms with Crippen molar-refractivity contribution in [3.05, 3.63) is 35.5 Å². The molecule has 66 valence electrons. The second-order valence-electron chi connectivity index (χ2n) is 3.32. The van der Waals surface area contributed by atoms with Crippen LogP contribution in [-0.4, -0.2) is 11.7 Å². The summed E-state index contributed by atoms with van der Waals surface area (Å²) in [6.07, 6.45) is 9.39. The van der Waals surface area contributed by atoms with Gasteiger partial charge >= 0.3 is 0 Å². The van der Waals surface area contributed by atoms with Crippen LogP contribution in [0, 0.1) is 5.92 Å². The molecule has 1 rings (SSSR count). The minimum Gasteiger partial charge on any atom is -0.396 e. The lowest BCUT2D eigenvalue weighted by atomic mass is 10.1. The van der Waals surface area contributed by atoms with Gasteiger partial charge in [-0.05, 0) is 24.8 Å². The molecule has 0 aromatic rings. The Kier molecular flexibility index (Phi) is 3.30. The first-order valence-electron chi connectivity index (χ1n) is 4.40. The van der Waals surface area contributed by atoms with E-state index in [1.165, 1.54) is 11.1 Å². The van der Waals surface area contributed by atoms with Crippen molar-refractivity contribution in [2.24, 2.45) is 5.92 Å². The van der Waals surface area contributed by atoms with Crippen LogP contribution in [0.4, 0.5) is 0 Å². The van der Waals surface area contributed by atoms with E-state index in [1.54, 1.807) is 0 Å². The van der Waals surface area contributed by atoms with Crippen molar-refractivity contribution in [1.82, 2.24) is 0 Å². The van der Waals surface area contributed by atoms with Gasteiger partial charge in [0.25, 0.3) is 0 Å². The zero-order valence-electron chi connectivity index (χ0n) is 7.75. The minimum absolute atomic E-state index is 0.234. The Morgan fingerprint density at radius 2 is 2.25 bits per heavy atom. The summed E-state index contributed by atoms with van der Waals surface area (Å²) < 4.78 is 0. The van der Waals surface area contributed by atoms with Crippen molar-refractivity contribution >= 4 is 0 Å². The van der Waals surface area contributed by atoms with Crippen LogP contribution in [0.25, 0.3) is 0 Å². The van der Waals surface area contributed by atoms with Crippen LogP contribution in [-0.2, 0) is 0 Å². The maximum Gasteiger partial charge on any atom is 0.0471 e. The molecular formula is C11H16O. The average Bonchev–Trinajstić information content (AvgIpc) is 2.13. The molecule has 0 heterocycles. The first kappa shape index (κ1) is 9.27. The zero-order valence-corrected chi connectivity index (χ0v) is 7.75. The molecule has 0 aromatic heterocycles. The SMILES string of the molecule is CC1=CC(C)C=CC(CCO)=C1. The van der Waals surface area contributed by atoms with Gasteiger partial charge in [0.15, 0.2) is 0 Å². The lowest BCUT2D eigenvalue weighted by Crippen LogP contribution is -1.85. The minimum atomic E-state index is 0.234. The van der Waals surface area contributed by atoms with Gasteiger partial charge < -0.3 is 5.11 Å². The number of hydrogen-bond acceptors (Lipinski definition) is 1. The molecule has 1 heteroatoms. The molecule has 0 amide bonds. The van der Waals surface area contributed by atoms with E-state index < -0.39 is 0 Å². The van der Waals surface area contributed by atoms with Gasteiger partial charge in [-0.1, -0.05) is 36.8 Å². The van der Waals surface area contributed by atoms with Crippen LogP contribution < -0.4 is 0 Å². The summed E-state index contributed by atoms with van der Waals surface area (Å²) >= 11 is 0. The van der Waals surface area contributed by atoms with E-state index in [1.807, 2.05) is 0 Å². The van der Waals surface area contributed by atoms with Crippen molar-refractivity contribution in [1.29, 1.82) is 0 Å². The molecule has 1 aliphatic carbocycles. The zero-order chi connectivity index (χ0) is 8.97. The second-order valence-corrected chi connectivity index (χ2v) is 3.32. The third-order valence-corrected chi connectivity index (χ3v) is 1.95. The van der Waals surface area contributed by atoms with Gasteiger partial charge in [-0.15, -0.1) is 0 Å². The van der Waals surface area contributed by atoms with Crippen LogP contribution >= 0.6 is 0 Å². The van der Waals surface area contributed by atoms with Crippen LogP contribution in [0.3, 0.4) is 0 Å². The molecule has 0 bridgehead atoms. The van der Waals surface area contributed by atoms with E-state index in [9.17, 15) is 0 Å². The third-order valence-electron chi connectivity index (χ3n) is 1.95. The van der Waals surface area contributed by atoms with Crippen LogP contribution in [0.15, 0.2) is 35.5 Å². The fourth-order valence-corrected chi connectivity index (χ4v) is 1.42.